The van der Waals surface area contributed by atoms with Crippen LogP contribution in [0.2, 0.25) is 0 Å². The first kappa shape index (κ1) is 17.5. The maximum Gasteiger partial charge on any atom is 0.305 e. The molecule has 22 heavy (non-hydrogen) atoms. The Bertz CT molecular complexity index is 578. The fourth-order valence-corrected chi connectivity index (χ4v) is 1.73. The molecule has 2 amide bonds. The molecule has 0 radical (unpaired) electrons. The van der Waals surface area contributed by atoms with Crippen molar-refractivity contribution in [3.63, 3.8) is 0 Å². The van der Waals surface area contributed by atoms with Crippen LogP contribution in [0.15, 0.2) is 18.2 Å². The number of carbonyl (C=O) groups is 3. The van der Waals surface area contributed by atoms with E-state index in [1.165, 1.54) is 13.2 Å². The highest BCUT2D eigenvalue weighted by atomic mass is 19.2. The summed E-state index contributed by atoms with van der Waals surface area (Å²) in [5.74, 6) is -4.02. The number of ether oxygens (including phenoxy) is 1. The third kappa shape index (κ3) is 5.47. The molecule has 3 N–H and O–H groups in total. The fourth-order valence-electron chi connectivity index (χ4n) is 1.73. The van der Waals surface area contributed by atoms with Crippen molar-refractivity contribution in [3.8, 4) is 0 Å². The number of nitrogens with two attached hydrogens (primary N) is 1. The molecule has 0 aliphatic rings. The molecule has 0 bridgehead atoms. The Labute approximate surface area is 125 Å². The van der Waals surface area contributed by atoms with Gasteiger partial charge in [-0.2, -0.15) is 0 Å². The second-order valence-electron chi connectivity index (χ2n) is 4.56. The molecule has 0 heterocycles. The van der Waals surface area contributed by atoms with Crippen molar-refractivity contribution in [2.45, 2.75) is 25.3 Å². The van der Waals surface area contributed by atoms with Gasteiger partial charge >= 0.3 is 5.97 Å². The number of halogens is 2. The molecule has 1 rings (SSSR count). The van der Waals surface area contributed by atoms with Gasteiger partial charge in [0.15, 0.2) is 11.6 Å². The highest BCUT2D eigenvalue weighted by Crippen LogP contribution is 2.09. The van der Waals surface area contributed by atoms with E-state index in [-0.39, 0.29) is 24.8 Å². The summed E-state index contributed by atoms with van der Waals surface area (Å²) in [7, 11) is 1.20. The smallest absolute Gasteiger partial charge is 0.305 e. The van der Waals surface area contributed by atoms with Gasteiger partial charge in [-0.1, -0.05) is 6.07 Å². The van der Waals surface area contributed by atoms with Crippen LogP contribution in [0.3, 0.4) is 0 Å². The Balaban J connectivity index is 2.61. The van der Waals surface area contributed by atoms with Gasteiger partial charge in [-0.15, -0.1) is 0 Å². The van der Waals surface area contributed by atoms with E-state index in [9.17, 15) is 23.2 Å². The lowest BCUT2D eigenvalue weighted by Crippen LogP contribution is -2.45. The maximum absolute atomic E-state index is 13.0. The minimum absolute atomic E-state index is 0.00841. The number of hydrogen-bond donors (Lipinski definition) is 2. The van der Waals surface area contributed by atoms with Crippen molar-refractivity contribution >= 4 is 17.8 Å². The second-order valence-corrected chi connectivity index (χ2v) is 4.56. The number of esters is 1. The molecular formula is C14H16F2N2O4. The van der Waals surface area contributed by atoms with Gasteiger partial charge in [-0.05, 0) is 24.1 Å². The van der Waals surface area contributed by atoms with E-state index in [1.54, 1.807) is 0 Å². The van der Waals surface area contributed by atoms with E-state index in [0.717, 1.165) is 12.1 Å². The lowest BCUT2D eigenvalue weighted by molar-refractivity contribution is -0.141. The molecule has 1 aromatic rings. The van der Waals surface area contributed by atoms with E-state index in [2.05, 4.69) is 10.1 Å². The van der Waals surface area contributed by atoms with Crippen LogP contribution in [0.5, 0.6) is 0 Å². The Hall–Kier alpha value is -2.51. The number of benzene rings is 1. The minimum Gasteiger partial charge on any atom is -0.469 e. The van der Waals surface area contributed by atoms with Crippen molar-refractivity contribution < 1.29 is 27.9 Å². The zero-order valence-corrected chi connectivity index (χ0v) is 11.9. The molecule has 0 aromatic heterocycles. The van der Waals surface area contributed by atoms with Crippen molar-refractivity contribution in [1.82, 2.24) is 5.32 Å². The predicted octanol–water partition coefficient (Wildman–Crippen LogP) is 0.431. The van der Waals surface area contributed by atoms with Crippen LogP contribution in [0.25, 0.3) is 0 Å². The topological polar surface area (TPSA) is 98.5 Å². The summed E-state index contributed by atoms with van der Waals surface area (Å²) in [5.41, 5.74) is 5.38. The molecular weight excluding hydrogens is 298 g/mol. The SMILES string of the molecule is COC(=O)CC[C@H](NC(=O)Cc1ccc(F)c(F)c1)C(N)=O. The molecule has 0 aliphatic carbocycles. The number of primary amides is 1. The molecule has 0 saturated heterocycles. The Morgan fingerprint density at radius 2 is 1.95 bits per heavy atom. The lowest BCUT2D eigenvalue weighted by Gasteiger charge is -2.15. The Morgan fingerprint density at radius 3 is 2.50 bits per heavy atom. The van der Waals surface area contributed by atoms with E-state index >= 15 is 0 Å². The monoisotopic (exact) mass is 314 g/mol. The highest BCUT2D eigenvalue weighted by Gasteiger charge is 2.19. The number of rotatable bonds is 7. The molecule has 120 valence electrons. The van der Waals surface area contributed by atoms with Gasteiger partial charge in [0.25, 0.3) is 0 Å². The van der Waals surface area contributed by atoms with Gasteiger partial charge in [0.1, 0.15) is 6.04 Å². The van der Waals surface area contributed by atoms with Crippen molar-refractivity contribution in [2.24, 2.45) is 5.73 Å². The number of nitrogens with one attached hydrogen (secondary N) is 1. The van der Waals surface area contributed by atoms with Crippen LogP contribution in [-0.2, 0) is 25.5 Å². The summed E-state index contributed by atoms with van der Waals surface area (Å²) in [6, 6.07) is 2.01. The summed E-state index contributed by atoms with van der Waals surface area (Å²) in [6.07, 6.45) is -0.347. The lowest BCUT2D eigenvalue weighted by atomic mass is 10.1. The second kappa shape index (κ2) is 8.06. The van der Waals surface area contributed by atoms with Crippen LogP contribution in [0.1, 0.15) is 18.4 Å². The van der Waals surface area contributed by atoms with Crippen molar-refractivity contribution in [2.75, 3.05) is 7.11 Å². The molecule has 1 atom stereocenters. The first-order valence-corrected chi connectivity index (χ1v) is 6.43. The van der Waals surface area contributed by atoms with Crippen LogP contribution < -0.4 is 11.1 Å². The molecule has 0 fully saturated rings. The zero-order chi connectivity index (χ0) is 16.7. The van der Waals surface area contributed by atoms with Gasteiger partial charge in [0.05, 0.1) is 13.5 Å². The third-order valence-electron chi connectivity index (χ3n) is 2.89. The third-order valence-corrected chi connectivity index (χ3v) is 2.89. The largest absolute Gasteiger partial charge is 0.469 e. The van der Waals surface area contributed by atoms with E-state index in [4.69, 9.17) is 5.73 Å². The van der Waals surface area contributed by atoms with Crippen LogP contribution in [0, 0.1) is 11.6 Å². The van der Waals surface area contributed by atoms with E-state index in [0.29, 0.717) is 0 Å². The number of methoxy groups -OCH3 is 1. The summed E-state index contributed by atoms with van der Waals surface area (Å²) < 4.78 is 30.2. The number of amides is 2. The van der Waals surface area contributed by atoms with Crippen molar-refractivity contribution in [3.05, 3.63) is 35.4 Å². The highest BCUT2D eigenvalue weighted by molar-refractivity contribution is 5.87. The van der Waals surface area contributed by atoms with Crippen LogP contribution in [-0.4, -0.2) is 30.9 Å². The van der Waals surface area contributed by atoms with Gasteiger partial charge in [0.2, 0.25) is 11.8 Å². The molecule has 0 unspecified atom stereocenters. The van der Waals surface area contributed by atoms with Gasteiger partial charge < -0.3 is 15.8 Å². The average Bonchev–Trinajstić information content (AvgIpc) is 2.46. The Morgan fingerprint density at radius 1 is 1.27 bits per heavy atom. The van der Waals surface area contributed by atoms with Gasteiger partial charge in [0, 0.05) is 6.42 Å². The van der Waals surface area contributed by atoms with E-state index < -0.39 is 35.5 Å². The summed E-state index contributed by atoms with van der Waals surface area (Å²) in [5, 5.41) is 2.34. The molecule has 8 heteroatoms. The number of carbonyl (C=O) groups excluding carboxylic acids is 3. The van der Waals surface area contributed by atoms with Crippen LogP contribution >= 0.6 is 0 Å². The van der Waals surface area contributed by atoms with Crippen LogP contribution in [0.4, 0.5) is 8.78 Å². The molecule has 6 nitrogen and oxygen atoms in total. The molecule has 0 aliphatic heterocycles. The van der Waals surface area contributed by atoms with Gasteiger partial charge in [-0.25, -0.2) is 8.78 Å². The average molecular weight is 314 g/mol. The fraction of sp³-hybridized carbons (Fsp3) is 0.357. The van der Waals surface area contributed by atoms with E-state index in [1.807, 2.05) is 0 Å². The predicted molar refractivity (Wildman–Crippen MR) is 72.4 cm³/mol. The summed E-state index contributed by atoms with van der Waals surface area (Å²) in [4.78, 5) is 34.0. The zero-order valence-electron chi connectivity index (χ0n) is 11.9. The summed E-state index contributed by atoms with van der Waals surface area (Å²) in [6.45, 7) is 0. The summed E-state index contributed by atoms with van der Waals surface area (Å²) >= 11 is 0. The molecule has 0 spiro atoms. The molecule has 1 aromatic carbocycles. The maximum atomic E-state index is 13.0. The standard InChI is InChI=1S/C14H16F2N2O4/c1-22-13(20)5-4-11(14(17)21)18-12(19)7-8-2-3-9(15)10(16)6-8/h2-3,6,11H,4-5,7H2,1H3,(H2,17,21)(H,18,19)/t11-/m0/s1. The normalized spacial score (nSPS) is 11.6. The van der Waals surface area contributed by atoms with Gasteiger partial charge in [-0.3, -0.25) is 14.4 Å². The first-order valence-electron chi connectivity index (χ1n) is 6.43. The molecule has 0 saturated carbocycles. The van der Waals surface area contributed by atoms with Crippen molar-refractivity contribution in [1.29, 1.82) is 0 Å². The number of hydrogen-bond acceptors (Lipinski definition) is 4. The minimum atomic E-state index is -1.07. The first-order chi connectivity index (χ1) is 10.3. The Kier molecular flexibility index (Phi) is 6.43. The quantitative estimate of drug-likeness (QED) is 0.713.